The lowest BCUT2D eigenvalue weighted by Crippen LogP contribution is -2.03. The lowest BCUT2D eigenvalue weighted by molar-refractivity contribution is 0.0993. The van der Waals surface area contributed by atoms with Crippen molar-refractivity contribution in [2.24, 2.45) is 0 Å². The van der Waals surface area contributed by atoms with E-state index in [-0.39, 0.29) is 5.78 Å². The maximum absolute atomic E-state index is 12.2. The van der Waals surface area contributed by atoms with Crippen molar-refractivity contribution in [1.82, 2.24) is 0 Å². The van der Waals surface area contributed by atoms with Gasteiger partial charge in [0.05, 0.1) is 10.0 Å². The molecule has 2 aromatic carbocycles. The molecule has 0 amide bonds. The summed E-state index contributed by atoms with van der Waals surface area (Å²) < 4.78 is 0. The molecule has 0 N–H and O–H groups in total. The minimum Gasteiger partial charge on any atom is -0.294 e. The highest BCUT2D eigenvalue weighted by molar-refractivity contribution is 6.42. The van der Waals surface area contributed by atoms with Gasteiger partial charge in [-0.1, -0.05) is 61.3 Å². The van der Waals surface area contributed by atoms with Gasteiger partial charge in [0.1, 0.15) is 0 Å². The molecule has 2 aromatic rings. The van der Waals surface area contributed by atoms with Crippen LogP contribution in [0.1, 0.15) is 41.3 Å². The lowest BCUT2D eigenvalue weighted by Gasteiger charge is -2.07. The first-order valence-corrected chi connectivity index (χ1v) is 7.30. The minimum atomic E-state index is 0.0425. The Morgan fingerprint density at radius 3 is 2.20 bits per heavy atom. The summed E-state index contributed by atoms with van der Waals surface area (Å²) in [6.45, 7) is 4.30. The fourth-order valence-corrected chi connectivity index (χ4v) is 2.28. The van der Waals surface area contributed by atoms with E-state index in [2.05, 4.69) is 26.0 Å². The number of carbonyl (C=O) groups is 1. The predicted octanol–water partition coefficient (Wildman–Crippen LogP) is 5.54. The van der Waals surface area contributed by atoms with Crippen molar-refractivity contribution in [2.45, 2.75) is 26.2 Å². The van der Waals surface area contributed by atoms with E-state index in [0.29, 0.717) is 27.9 Å². The second-order valence-electron chi connectivity index (χ2n) is 5.13. The number of Topliss-reactive ketones (excluding diaryl/α,β-unsaturated/α-hetero) is 1. The van der Waals surface area contributed by atoms with Crippen LogP contribution in [0.3, 0.4) is 0 Å². The third kappa shape index (κ3) is 3.62. The van der Waals surface area contributed by atoms with Crippen LogP contribution in [0.5, 0.6) is 0 Å². The van der Waals surface area contributed by atoms with Crippen LogP contribution in [0.15, 0.2) is 42.5 Å². The Hall–Kier alpha value is -1.31. The van der Waals surface area contributed by atoms with Crippen molar-refractivity contribution < 1.29 is 4.79 Å². The van der Waals surface area contributed by atoms with Gasteiger partial charge in [-0.2, -0.15) is 0 Å². The number of rotatable bonds is 4. The Balaban J connectivity index is 2.12. The maximum atomic E-state index is 12.2. The molecule has 0 saturated carbocycles. The molecular formula is C17H16Cl2O. The summed E-state index contributed by atoms with van der Waals surface area (Å²) in [6.07, 6.45) is 0.371. The van der Waals surface area contributed by atoms with E-state index in [1.54, 1.807) is 18.2 Å². The van der Waals surface area contributed by atoms with E-state index in [1.807, 2.05) is 12.1 Å². The van der Waals surface area contributed by atoms with Gasteiger partial charge < -0.3 is 0 Å². The van der Waals surface area contributed by atoms with Crippen LogP contribution in [0.25, 0.3) is 0 Å². The SMILES string of the molecule is CC(C)c1ccc(CC(=O)c2ccc(Cl)c(Cl)c2)cc1. The molecule has 20 heavy (non-hydrogen) atoms. The van der Waals surface area contributed by atoms with Crippen molar-refractivity contribution >= 4 is 29.0 Å². The predicted molar refractivity (Wildman–Crippen MR) is 85.0 cm³/mol. The van der Waals surface area contributed by atoms with Crippen molar-refractivity contribution in [3.05, 3.63) is 69.2 Å². The van der Waals surface area contributed by atoms with Crippen LogP contribution in [0, 0.1) is 0 Å². The molecule has 0 aliphatic rings. The molecule has 1 nitrogen and oxygen atoms in total. The lowest BCUT2D eigenvalue weighted by atomic mass is 9.98. The monoisotopic (exact) mass is 306 g/mol. The molecule has 0 saturated heterocycles. The van der Waals surface area contributed by atoms with Crippen LogP contribution in [-0.4, -0.2) is 5.78 Å². The molecule has 0 spiro atoms. The summed E-state index contributed by atoms with van der Waals surface area (Å²) in [5, 5.41) is 0.872. The van der Waals surface area contributed by atoms with Gasteiger partial charge in [0, 0.05) is 12.0 Å². The standard InChI is InChI=1S/C17H16Cl2O/c1-11(2)13-5-3-12(4-6-13)9-17(20)14-7-8-15(18)16(19)10-14/h3-8,10-11H,9H2,1-2H3. The first kappa shape index (κ1) is 15.1. The molecule has 0 bridgehead atoms. The van der Waals surface area contributed by atoms with E-state index in [4.69, 9.17) is 23.2 Å². The Bertz CT molecular complexity index is 615. The number of ketones is 1. The summed E-state index contributed by atoms with van der Waals surface area (Å²) >= 11 is 11.8. The number of hydrogen-bond acceptors (Lipinski definition) is 1. The molecule has 0 radical (unpaired) electrons. The zero-order chi connectivity index (χ0) is 14.7. The number of halogens is 2. The van der Waals surface area contributed by atoms with Crippen molar-refractivity contribution in [2.75, 3.05) is 0 Å². The maximum Gasteiger partial charge on any atom is 0.167 e. The van der Waals surface area contributed by atoms with E-state index in [9.17, 15) is 4.79 Å². The second kappa shape index (κ2) is 6.43. The van der Waals surface area contributed by atoms with E-state index in [1.165, 1.54) is 5.56 Å². The largest absolute Gasteiger partial charge is 0.294 e. The van der Waals surface area contributed by atoms with Crippen LogP contribution in [0.4, 0.5) is 0 Å². The van der Waals surface area contributed by atoms with E-state index in [0.717, 1.165) is 5.56 Å². The second-order valence-corrected chi connectivity index (χ2v) is 5.94. The van der Waals surface area contributed by atoms with Gasteiger partial charge >= 0.3 is 0 Å². The van der Waals surface area contributed by atoms with Crippen LogP contribution in [0.2, 0.25) is 10.0 Å². The third-order valence-corrected chi connectivity index (χ3v) is 3.99. The first-order valence-electron chi connectivity index (χ1n) is 6.54. The molecular weight excluding hydrogens is 291 g/mol. The van der Waals surface area contributed by atoms with Gasteiger partial charge in [-0.3, -0.25) is 4.79 Å². The molecule has 0 aliphatic heterocycles. The average molecular weight is 307 g/mol. The van der Waals surface area contributed by atoms with E-state index >= 15 is 0 Å². The molecule has 3 heteroatoms. The quantitative estimate of drug-likeness (QED) is 0.678. The zero-order valence-electron chi connectivity index (χ0n) is 11.5. The van der Waals surface area contributed by atoms with Gasteiger partial charge in [0.2, 0.25) is 0 Å². The van der Waals surface area contributed by atoms with Crippen molar-refractivity contribution in [3.8, 4) is 0 Å². The Kier molecular flexibility index (Phi) is 4.85. The summed E-state index contributed by atoms with van der Waals surface area (Å²) in [6, 6.07) is 13.1. The van der Waals surface area contributed by atoms with Crippen molar-refractivity contribution in [3.63, 3.8) is 0 Å². The minimum absolute atomic E-state index is 0.0425. The highest BCUT2D eigenvalue weighted by Crippen LogP contribution is 2.23. The smallest absolute Gasteiger partial charge is 0.167 e. The average Bonchev–Trinajstić information content (AvgIpc) is 2.42. The van der Waals surface area contributed by atoms with Gasteiger partial charge in [-0.15, -0.1) is 0 Å². The molecule has 2 rings (SSSR count). The summed E-state index contributed by atoms with van der Waals surface area (Å²) in [4.78, 5) is 12.2. The number of hydrogen-bond donors (Lipinski definition) is 0. The third-order valence-electron chi connectivity index (χ3n) is 3.25. The Morgan fingerprint density at radius 2 is 1.65 bits per heavy atom. The zero-order valence-corrected chi connectivity index (χ0v) is 13.0. The molecule has 104 valence electrons. The van der Waals surface area contributed by atoms with Crippen LogP contribution < -0.4 is 0 Å². The number of carbonyl (C=O) groups excluding carboxylic acids is 1. The fraction of sp³-hybridized carbons (Fsp3) is 0.235. The molecule has 0 aromatic heterocycles. The molecule has 0 atom stereocenters. The summed E-state index contributed by atoms with van der Waals surface area (Å²) in [5.41, 5.74) is 2.87. The summed E-state index contributed by atoms with van der Waals surface area (Å²) in [5.74, 6) is 0.538. The topological polar surface area (TPSA) is 17.1 Å². The molecule has 0 unspecified atom stereocenters. The Morgan fingerprint density at radius 1 is 1.00 bits per heavy atom. The fourth-order valence-electron chi connectivity index (χ4n) is 1.98. The van der Waals surface area contributed by atoms with Gasteiger partial charge in [-0.25, -0.2) is 0 Å². The van der Waals surface area contributed by atoms with Crippen molar-refractivity contribution in [1.29, 1.82) is 0 Å². The van der Waals surface area contributed by atoms with E-state index < -0.39 is 0 Å². The Labute approximate surface area is 129 Å². The van der Waals surface area contributed by atoms with Crippen LogP contribution >= 0.6 is 23.2 Å². The highest BCUT2D eigenvalue weighted by Gasteiger charge is 2.09. The molecule has 0 heterocycles. The van der Waals surface area contributed by atoms with Gasteiger partial charge in [0.15, 0.2) is 5.78 Å². The van der Waals surface area contributed by atoms with Crippen LogP contribution in [-0.2, 0) is 6.42 Å². The normalized spacial score (nSPS) is 10.8. The highest BCUT2D eigenvalue weighted by atomic mass is 35.5. The first-order chi connectivity index (χ1) is 9.47. The summed E-state index contributed by atoms with van der Waals surface area (Å²) in [7, 11) is 0. The molecule has 0 fully saturated rings. The van der Waals surface area contributed by atoms with Gasteiger partial charge in [-0.05, 0) is 35.2 Å². The molecule has 0 aliphatic carbocycles. The van der Waals surface area contributed by atoms with Gasteiger partial charge in [0.25, 0.3) is 0 Å². The number of benzene rings is 2.